The maximum atomic E-state index is 15.2. The minimum Gasteiger partial charge on any atom is -0.429 e. The Hall–Kier alpha value is -4.73. The smallest absolute Gasteiger partial charge is 0.426 e. The molecule has 0 amide bonds. The van der Waals surface area contributed by atoms with Crippen LogP contribution < -0.4 is 4.74 Å². The summed E-state index contributed by atoms with van der Waals surface area (Å²) in [5.41, 5.74) is 0.288. The molecule has 5 rings (SSSR count). The van der Waals surface area contributed by atoms with Crippen molar-refractivity contribution in [2.75, 3.05) is 0 Å². The van der Waals surface area contributed by atoms with Gasteiger partial charge in [-0.25, -0.2) is 17.6 Å². The monoisotopic (exact) mass is 658 g/mol. The van der Waals surface area contributed by atoms with Gasteiger partial charge >= 0.3 is 12.3 Å². The number of alkyl halides is 5. The van der Waals surface area contributed by atoms with Gasteiger partial charge in [0.1, 0.15) is 34.6 Å². The van der Waals surface area contributed by atoms with E-state index in [0.717, 1.165) is 61.6 Å². The Bertz CT molecular complexity index is 1840. The van der Waals surface area contributed by atoms with Crippen molar-refractivity contribution in [3.05, 3.63) is 137 Å². The second kappa shape index (κ2) is 13.6. The third kappa shape index (κ3) is 7.64. The second-order valence-corrected chi connectivity index (χ2v) is 11.0. The Morgan fingerprint density at radius 3 is 1.60 bits per heavy atom. The van der Waals surface area contributed by atoms with Crippen molar-refractivity contribution in [3.8, 4) is 39.1 Å². The molecule has 0 atom stereocenters. The van der Waals surface area contributed by atoms with Gasteiger partial charge in [0.25, 0.3) is 0 Å². The first-order valence-corrected chi connectivity index (χ1v) is 14.7. The molecule has 0 unspecified atom stereocenters. The predicted octanol–water partition coefficient (Wildman–Crippen LogP) is 12.1. The fraction of sp³-hybridized carbons (Fsp3) is 0.189. The van der Waals surface area contributed by atoms with E-state index in [1.54, 1.807) is 12.1 Å². The van der Waals surface area contributed by atoms with E-state index in [1.807, 2.05) is 24.3 Å². The van der Waals surface area contributed by atoms with E-state index in [4.69, 9.17) is 0 Å². The van der Waals surface area contributed by atoms with Gasteiger partial charge in [-0.3, -0.25) is 0 Å². The summed E-state index contributed by atoms with van der Waals surface area (Å²) in [4.78, 5) is 0. The fourth-order valence-electron chi connectivity index (χ4n) is 5.22. The lowest BCUT2D eigenvalue weighted by Crippen LogP contribution is -2.22. The van der Waals surface area contributed by atoms with Crippen LogP contribution in [0.4, 0.5) is 39.5 Å². The highest BCUT2D eigenvalue weighted by molar-refractivity contribution is 5.74. The minimum atomic E-state index is -5.38. The van der Waals surface area contributed by atoms with E-state index >= 15 is 8.78 Å². The molecule has 5 aromatic carbocycles. The summed E-state index contributed by atoms with van der Waals surface area (Å²) in [5.74, 6) is -6.70. The topological polar surface area (TPSA) is 9.23 Å². The zero-order valence-electron chi connectivity index (χ0n) is 24.9. The van der Waals surface area contributed by atoms with Crippen molar-refractivity contribution in [3.63, 3.8) is 0 Å². The number of hydrogen-bond donors (Lipinski definition) is 0. The molecule has 0 heterocycles. The van der Waals surface area contributed by atoms with Crippen LogP contribution in [-0.4, -0.2) is 0 Å². The molecule has 0 N–H and O–H groups in total. The van der Waals surface area contributed by atoms with Gasteiger partial charge in [-0.05, 0) is 64.9 Å². The second-order valence-electron chi connectivity index (χ2n) is 11.0. The van der Waals surface area contributed by atoms with Crippen LogP contribution in [0.15, 0.2) is 97.1 Å². The van der Waals surface area contributed by atoms with Crippen LogP contribution in [0.1, 0.15) is 42.9 Å². The zero-order chi connectivity index (χ0) is 33.9. The highest BCUT2D eigenvalue weighted by Crippen LogP contribution is 2.39. The molecule has 47 heavy (non-hydrogen) atoms. The fourth-order valence-corrected chi connectivity index (χ4v) is 5.22. The molecular formula is C37H27F9O. The van der Waals surface area contributed by atoms with Crippen molar-refractivity contribution in [1.29, 1.82) is 0 Å². The van der Waals surface area contributed by atoms with Crippen LogP contribution in [0, 0.1) is 23.3 Å². The predicted molar refractivity (Wildman–Crippen MR) is 162 cm³/mol. The maximum absolute atomic E-state index is 15.2. The largest absolute Gasteiger partial charge is 0.429 e. The van der Waals surface area contributed by atoms with Crippen molar-refractivity contribution < 1.29 is 44.3 Å². The normalized spacial score (nSPS) is 12.0. The van der Waals surface area contributed by atoms with Crippen molar-refractivity contribution in [1.82, 2.24) is 0 Å². The van der Waals surface area contributed by atoms with E-state index in [9.17, 15) is 30.7 Å². The van der Waals surface area contributed by atoms with Gasteiger partial charge in [-0.1, -0.05) is 80.4 Å². The van der Waals surface area contributed by atoms with Crippen LogP contribution in [0.2, 0.25) is 0 Å². The standard InChI is InChI=1S/C37H27F9O/c1-2-3-4-5-22-6-8-23(9-7-22)25-12-16-30(31(38)18-25)26-13-17-29(32(39)19-26)24-10-14-27(15-11-24)37(45,46)47-28-20-33(40)35(34(41)21-28)36(42,43)44/h6-21H,2-5H2,1H3. The number of ether oxygens (including phenoxy) is 1. The molecule has 244 valence electrons. The van der Waals surface area contributed by atoms with Crippen molar-refractivity contribution in [2.45, 2.75) is 44.9 Å². The van der Waals surface area contributed by atoms with Crippen LogP contribution in [0.3, 0.4) is 0 Å². The van der Waals surface area contributed by atoms with Gasteiger partial charge in [-0.2, -0.15) is 22.0 Å². The average Bonchev–Trinajstić information content (AvgIpc) is 3.00. The quantitative estimate of drug-likeness (QED) is 0.107. The van der Waals surface area contributed by atoms with Crippen molar-refractivity contribution >= 4 is 0 Å². The van der Waals surface area contributed by atoms with Crippen LogP contribution >= 0.6 is 0 Å². The van der Waals surface area contributed by atoms with Crippen LogP contribution in [-0.2, 0) is 18.7 Å². The molecule has 0 saturated heterocycles. The Labute approximate surface area is 265 Å². The van der Waals surface area contributed by atoms with E-state index < -0.39 is 52.4 Å². The lowest BCUT2D eigenvalue weighted by Gasteiger charge is -2.19. The summed E-state index contributed by atoms with van der Waals surface area (Å²) in [6, 6.07) is 20.6. The Morgan fingerprint density at radius 1 is 0.532 bits per heavy atom. The molecule has 0 bridgehead atoms. The molecule has 0 radical (unpaired) electrons. The molecule has 0 aromatic heterocycles. The highest BCUT2D eigenvalue weighted by atomic mass is 19.4. The first-order chi connectivity index (χ1) is 22.3. The summed E-state index contributed by atoms with van der Waals surface area (Å²) >= 11 is 0. The lowest BCUT2D eigenvalue weighted by atomic mass is 9.96. The summed E-state index contributed by atoms with van der Waals surface area (Å²) in [6.07, 6.45) is -5.22. The number of rotatable bonds is 10. The summed E-state index contributed by atoms with van der Waals surface area (Å²) < 4.78 is 130. The number of benzene rings is 5. The van der Waals surface area contributed by atoms with Gasteiger partial charge in [0.2, 0.25) is 0 Å². The third-order valence-electron chi connectivity index (χ3n) is 7.68. The minimum absolute atomic E-state index is 0.00795. The van der Waals surface area contributed by atoms with E-state index in [1.165, 1.54) is 23.8 Å². The molecule has 10 heteroatoms. The molecule has 0 aliphatic heterocycles. The molecule has 1 nitrogen and oxygen atoms in total. The Morgan fingerprint density at radius 2 is 1.04 bits per heavy atom. The molecule has 5 aromatic rings. The van der Waals surface area contributed by atoms with Gasteiger partial charge < -0.3 is 4.74 Å². The molecular weight excluding hydrogens is 631 g/mol. The molecule has 0 aliphatic rings. The Balaban J connectivity index is 1.31. The van der Waals surface area contributed by atoms with E-state index in [0.29, 0.717) is 5.56 Å². The van der Waals surface area contributed by atoms with Crippen LogP contribution in [0.25, 0.3) is 33.4 Å². The van der Waals surface area contributed by atoms with Gasteiger partial charge in [-0.15, -0.1) is 0 Å². The average molecular weight is 659 g/mol. The van der Waals surface area contributed by atoms with Crippen LogP contribution in [0.5, 0.6) is 5.75 Å². The number of unbranched alkanes of at least 4 members (excludes halogenated alkanes) is 2. The van der Waals surface area contributed by atoms with E-state index in [-0.39, 0.29) is 34.4 Å². The zero-order valence-corrected chi connectivity index (χ0v) is 24.9. The van der Waals surface area contributed by atoms with Gasteiger partial charge in [0.15, 0.2) is 0 Å². The highest BCUT2D eigenvalue weighted by Gasteiger charge is 2.40. The summed E-state index contributed by atoms with van der Waals surface area (Å²) in [5, 5.41) is 0. The van der Waals surface area contributed by atoms with E-state index in [2.05, 4.69) is 11.7 Å². The van der Waals surface area contributed by atoms with Crippen molar-refractivity contribution in [2.24, 2.45) is 0 Å². The molecule has 0 fully saturated rings. The maximum Gasteiger partial charge on any atom is 0.426 e. The first-order valence-electron chi connectivity index (χ1n) is 14.7. The SMILES string of the molecule is CCCCCc1ccc(-c2ccc(-c3ccc(-c4ccc(C(F)(F)Oc5cc(F)c(C(F)(F)F)c(F)c5)cc4)c(F)c3)c(F)c2)cc1. The number of hydrogen-bond acceptors (Lipinski definition) is 1. The molecule has 0 spiro atoms. The summed E-state index contributed by atoms with van der Waals surface area (Å²) in [6.45, 7) is 2.14. The third-order valence-corrected chi connectivity index (χ3v) is 7.68. The number of halogens is 9. The van der Waals surface area contributed by atoms with Gasteiger partial charge in [0, 0.05) is 23.3 Å². The summed E-state index contributed by atoms with van der Waals surface area (Å²) in [7, 11) is 0. The molecule has 0 saturated carbocycles. The number of aryl methyl sites for hydroxylation is 1. The van der Waals surface area contributed by atoms with Gasteiger partial charge in [0.05, 0.1) is 5.56 Å². The first kappa shape index (κ1) is 33.6. The Kier molecular flexibility index (Phi) is 9.70. The lowest BCUT2D eigenvalue weighted by molar-refractivity contribution is -0.185. The molecule has 0 aliphatic carbocycles.